The van der Waals surface area contributed by atoms with Crippen molar-refractivity contribution in [1.29, 1.82) is 5.26 Å². The topological polar surface area (TPSA) is 47.3 Å². The molecular formula is C23H25N3O. The van der Waals surface area contributed by atoms with Crippen LogP contribution >= 0.6 is 0 Å². The highest BCUT2D eigenvalue weighted by Crippen LogP contribution is 2.32. The SMILES string of the molecule is N#Cc1ccccc1C(=O)N1C[C@@H]2CCN(CCCc3ccccc3)[C@@H]2C1. The highest BCUT2D eigenvalue weighted by Gasteiger charge is 2.42. The lowest BCUT2D eigenvalue weighted by Crippen LogP contribution is -2.37. The van der Waals surface area contributed by atoms with E-state index in [9.17, 15) is 10.1 Å². The molecule has 0 bridgehead atoms. The van der Waals surface area contributed by atoms with E-state index in [0.717, 1.165) is 39.0 Å². The second-order valence-corrected chi connectivity index (χ2v) is 7.61. The molecule has 0 radical (unpaired) electrons. The lowest BCUT2D eigenvalue weighted by Gasteiger charge is -2.25. The molecule has 2 atom stereocenters. The van der Waals surface area contributed by atoms with Gasteiger partial charge in [-0.3, -0.25) is 9.69 Å². The average molecular weight is 359 g/mol. The Balaban J connectivity index is 1.35. The van der Waals surface area contributed by atoms with Crippen molar-refractivity contribution in [3.05, 3.63) is 71.3 Å². The van der Waals surface area contributed by atoms with Gasteiger partial charge in [0.25, 0.3) is 5.91 Å². The predicted molar refractivity (Wildman–Crippen MR) is 105 cm³/mol. The van der Waals surface area contributed by atoms with Gasteiger partial charge in [-0.25, -0.2) is 0 Å². The van der Waals surface area contributed by atoms with Gasteiger partial charge in [0.15, 0.2) is 0 Å². The molecule has 0 spiro atoms. The number of carbonyl (C=O) groups is 1. The number of amides is 1. The Morgan fingerprint density at radius 1 is 1.07 bits per heavy atom. The molecule has 0 N–H and O–H groups in total. The molecule has 2 heterocycles. The zero-order valence-electron chi connectivity index (χ0n) is 15.6. The first-order valence-electron chi connectivity index (χ1n) is 9.82. The molecule has 4 rings (SSSR count). The minimum atomic E-state index is 0.00536. The van der Waals surface area contributed by atoms with Gasteiger partial charge in [0.1, 0.15) is 0 Å². The van der Waals surface area contributed by atoms with Crippen LogP contribution in [0.2, 0.25) is 0 Å². The number of fused-ring (bicyclic) bond motifs is 1. The first kappa shape index (κ1) is 17.8. The number of nitrogens with zero attached hydrogens (tertiary/aromatic N) is 3. The first-order valence-corrected chi connectivity index (χ1v) is 9.82. The van der Waals surface area contributed by atoms with E-state index in [4.69, 9.17) is 0 Å². The molecule has 0 saturated carbocycles. The Bertz CT molecular complexity index is 842. The van der Waals surface area contributed by atoms with Gasteiger partial charge in [0, 0.05) is 19.1 Å². The minimum Gasteiger partial charge on any atom is -0.337 e. The zero-order valence-corrected chi connectivity index (χ0v) is 15.6. The van der Waals surface area contributed by atoms with Crippen molar-refractivity contribution >= 4 is 5.91 Å². The van der Waals surface area contributed by atoms with Gasteiger partial charge in [-0.1, -0.05) is 42.5 Å². The van der Waals surface area contributed by atoms with Gasteiger partial charge in [-0.05, 0) is 56.0 Å². The molecule has 0 unspecified atom stereocenters. The van der Waals surface area contributed by atoms with E-state index in [1.165, 1.54) is 12.0 Å². The maximum atomic E-state index is 12.9. The molecule has 2 fully saturated rings. The minimum absolute atomic E-state index is 0.00536. The van der Waals surface area contributed by atoms with Gasteiger partial charge < -0.3 is 4.90 Å². The molecular weight excluding hydrogens is 334 g/mol. The molecule has 138 valence electrons. The molecule has 1 amide bonds. The molecule has 2 aromatic rings. The van der Waals surface area contributed by atoms with Crippen LogP contribution < -0.4 is 0 Å². The number of likely N-dealkylation sites (tertiary alicyclic amines) is 2. The maximum absolute atomic E-state index is 12.9. The third-order valence-electron chi connectivity index (χ3n) is 5.98. The van der Waals surface area contributed by atoms with Crippen LogP contribution in [-0.4, -0.2) is 47.9 Å². The second-order valence-electron chi connectivity index (χ2n) is 7.61. The molecule has 4 nitrogen and oxygen atoms in total. The Hall–Kier alpha value is -2.64. The predicted octanol–water partition coefficient (Wildman–Crippen LogP) is 3.34. The first-order chi connectivity index (χ1) is 13.3. The van der Waals surface area contributed by atoms with Gasteiger partial charge in [-0.15, -0.1) is 0 Å². The Kier molecular flexibility index (Phi) is 5.22. The zero-order chi connectivity index (χ0) is 18.6. The second kappa shape index (κ2) is 7.94. The summed E-state index contributed by atoms with van der Waals surface area (Å²) in [6.45, 7) is 3.83. The summed E-state index contributed by atoms with van der Waals surface area (Å²) in [5.74, 6) is 0.575. The van der Waals surface area contributed by atoms with E-state index in [-0.39, 0.29) is 5.91 Å². The fraction of sp³-hybridized carbons (Fsp3) is 0.391. The lowest BCUT2D eigenvalue weighted by molar-refractivity contribution is 0.0771. The van der Waals surface area contributed by atoms with E-state index in [0.29, 0.717) is 23.1 Å². The number of benzene rings is 2. The van der Waals surface area contributed by atoms with Crippen LogP contribution in [0.1, 0.15) is 34.3 Å². The van der Waals surface area contributed by atoms with Gasteiger partial charge in [-0.2, -0.15) is 5.26 Å². The van der Waals surface area contributed by atoms with Gasteiger partial charge in [0.2, 0.25) is 0 Å². The fourth-order valence-electron chi connectivity index (χ4n) is 4.56. The van der Waals surface area contributed by atoms with Crippen LogP contribution in [0.25, 0.3) is 0 Å². The van der Waals surface area contributed by atoms with Crippen molar-refractivity contribution in [3.63, 3.8) is 0 Å². The summed E-state index contributed by atoms with van der Waals surface area (Å²) in [4.78, 5) is 17.4. The standard InChI is InChI=1S/C23H25N3O/c24-15-19-10-4-5-11-21(19)23(27)26-16-20-12-14-25(22(20)17-26)13-6-9-18-7-2-1-3-8-18/h1-5,7-8,10-11,20,22H,6,9,12-14,16-17H2/t20-,22+/m0/s1. The van der Waals surface area contributed by atoms with Crippen LogP contribution in [0.5, 0.6) is 0 Å². The number of nitriles is 1. The number of hydrogen-bond donors (Lipinski definition) is 0. The Morgan fingerprint density at radius 3 is 2.67 bits per heavy atom. The average Bonchev–Trinajstić information content (AvgIpc) is 3.30. The van der Waals surface area contributed by atoms with Crippen LogP contribution in [-0.2, 0) is 6.42 Å². The monoisotopic (exact) mass is 359 g/mol. The van der Waals surface area contributed by atoms with Crippen molar-refractivity contribution in [3.8, 4) is 6.07 Å². The Morgan fingerprint density at radius 2 is 1.85 bits per heavy atom. The van der Waals surface area contributed by atoms with E-state index < -0.39 is 0 Å². The fourth-order valence-corrected chi connectivity index (χ4v) is 4.56. The normalized spacial score (nSPS) is 21.8. The summed E-state index contributed by atoms with van der Waals surface area (Å²) in [6.07, 6.45) is 3.42. The molecule has 2 aromatic carbocycles. The lowest BCUT2D eigenvalue weighted by atomic mass is 10.0. The summed E-state index contributed by atoms with van der Waals surface area (Å²) >= 11 is 0. The summed E-state index contributed by atoms with van der Waals surface area (Å²) in [5.41, 5.74) is 2.40. The highest BCUT2D eigenvalue weighted by molar-refractivity contribution is 5.96. The van der Waals surface area contributed by atoms with E-state index in [1.54, 1.807) is 12.1 Å². The molecule has 2 aliphatic rings. The highest BCUT2D eigenvalue weighted by atomic mass is 16.2. The van der Waals surface area contributed by atoms with E-state index in [2.05, 4.69) is 41.3 Å². The summed E-state index contributed by atoms with van der Waals surface area (Å²) in [6, 6.07) is 20.4. The molecule has 2 saturated heterocycles. The van der Waals surface area contributed by atoms with E-state index >= 15 is 0 Å². The van der Waals surface area contributed by atoms with Crippen molar-refractivity contribution in [2.24, 2.45) is 5.92 Å². The number of carbonyl (C=O) groups excluding carboxylic acids is 1. The smallest absolute Gasteiger partial charge is 0.255 e. The number of rotatable bonds is 5. The Labute approximate surface area is 161 Å². The summed E-state index contributed by atoms with van der Waals surface area (Å²) in [5, 5.41) is 9.28. The third-order valence-corrected chi connectivity index (χ3v) is 5.98. The van der Waals surface area contributed by atoms with Gasteiger partial charge >= 0.3 is 0 Å². The van der Waals surface area contributed by atoms with Crippen molar-refractivity contribution in [2.75, 3.05) is 26.2 Å². The van der Waals surface area contributed by atoms with Crippen molar-refractivity contribution in [2.45, 2.75) is 25.3 Å². The third kappa shape index (κ3) is 3.74. The van der Waals surface area contributed by atoms with Crippen LogP contribution in [0.4, 0.5) is 0 Å². The van der Waals surface area contributed by atoms with Crippen LogP contribution in [0, 0.1) is 17.2 Å². The van der Waals surface area contributed by atoms with E-state index in [1.807, 2.05) is 17.0 Å². The largest absolute Gasteiger partial charge is 0.337 e. The molecule has 0 aliphatic carbocycles. The molecule has 4 heteroatoms. The van der Waals surface area contributed by atoms with Gasteiger partial charge in [0.05, 0.1) is 17.2 Å². The molecule has 0 aromatic heterocycles. The van der Waals surface area contributed by atoms with Crippen molar-refractivity contribution in [1.82, 2.24) is 9.80 Å². The summed E-state index contributed by atoms with van der Waals surface area (Å²) < 4.78 is 0. The quantitative estimate of drug-likeness (QED) is 0.823. The summed E-state index contributed by atoms with van der Waals surface area (Å²) in [7, 11) is 0. The molecule has 2 aliphatic heterocycles. The number of aryl methyl sites for hydroxylation is 1. The maximum Gasteiger partial charge on any atom is 0.255 e. The van der Waals surface area contributed by atoms with Crippen molar-refractivity contribution < 1.29 is 4.79 Å². The number of hydrogen-bond acceptors (Lipinski definition) is 3. The molecule has 27 heavy (non-hydrogen) atoms. The van der Waals surface area contributed by atoms with Crippen LogP contribution in [0.3, 0.4) is 0 Å². The van der Waals surface area contributed by atoms with Crippen LogP contribution in [0.15, 0.2) is 54.6 Å².